The summed E-state index contributed by atoms with van der Waals surface area (Å²) in [7, 11) is 1.88. The third-order valence-electron chi connectivity index (χ3n) is 5.90. The Morgan fingerprint density at radius 2 is 1.62 bits per heavy atom. The molecular weight excluding hydrogens is 420 g/mol. The first kappa shape index (κ1) is 20.4. The molecule has 0 radical (unpaired) electrons. The maximum absolute atomic E-state index is 13.7. The van der Waals surface area contributed by atoms with E-state index in [1.165, 1.54) is 0 Å². The second kappa shape index (κ2) is 8.18. The van der Waals surface area contributed by atoms with Crippen molar-refractivity contribution in [3.8, 4) is 0 Å². The van der Waals surface area contributed by atoms with Gasteiger partial charge in [-0.25, -0.2) is 10.0 Å². The monoisotopic (exact) mass is 443 g/mol. The Morgan fingerprint density at radius 3 is 2.28 bits per heavy atom. The second-order valence-electron chi connectivity index (χ2n) is 7.82. The summed E-state index contributed by atoms with van der Waals surface area (Å²) >= 11 is 1.57. The lowest BCUT2D eigenvalue weighted by molar-refractivity contribution is -0.598. The van der Waals surface area contributed by atoms with Crippen LogP contribution in [-0.4, -0.2) is 51.9 Å². The van der Waals surface area contributed by atoms with Crippen molar-refractivity contribution in [2.75, 3.05) is 12.1 Å². The molecule has 0 saturated carbocycles. The number of carbonyl (C=O) groups is 2. The van der Waals surface area contributed by atoms with Crippen LogP contribution in [0.3, 0.4) is 0 Å². The zero-order valence-electron chi connectivity index (χ0n) is 17.8. The van der Waals surface area contributed by atoms with Crippen molar-refractivity contribution in [3.05, 3.63) is 88.6 Å². The minimum atomic E-state index is -0.668. The van der Waals surface area contributed by atoms with E-state index in [-0.39, 0.29) is 17.9 Å². The highest BCUT2D eigenvalue weighted by Crippen LogP contribution is 2.33. The summed E-state index contributed by atoms with van der Waals surface area (Å²) in [5, 5.41) is 7.14. The number of thiophene rings is 1. The molecule has 2 aliphatic rings. The zero-order valence-corrected chi connectivity index (χ0v) is 18.6. The van der Waals surface area contributed by atoms with E-state index in [4.69, 9.17) is 0 Å². The van der Waals surface area contributed by atoms with Gasteiger partial charge < -0.3 is 0 Å². The number of benzene rings is 2. The van der Waals surface area contributed by atoms with Crippen molar-refractivity contribution in [1.29, 1.82) is 0 Å². The molecule has 0 aliphatic carbocycles. The molecule has 7 heteroatoms. The van der Waals surface area contributed by atoms with Gasteiger partial charge in [0, 0.05) is 24.1 Å². The van der Waals surface area contributed by atoms with Crippen LogP contribution in [0.4, 0.5) is 11.4 Å². The van der Waals surface area contributed by atoms with Gasteiger partial charge in [0.25, 0.3) is 5.91 Å². The fourth-order valence-corrected chi connectivity index (χ4v) is 4.87. The predicted molar refractivity (Wildman–Crippen MR) is 127 cm³/mol. The molecule has 2 aliphatic heterocycles. The Hall–Kier alpha value is -3.55. The molecule has 2 amide bonds. The molecule has 2 unspecified atom stereocenters. The highest BCUT2D eigenvalue weighted by Gasteiger charge is 2.55. The smallest absolute Gasteiger partial charge is 0.270 e. The van der Waals surface area contributed by atoms with Crippen LogP contribution in [0.5, 0.6) is 0 Å². The van der Waals surface area contributed by atoms with E-state index in [0.29, 0.717) is 5.57 Å². The molecule has 160 valence electrons. The fraction of sp³-hybridized carbons (Fsp3) is 0.160. The van der Waals surface area contributed by atoms with Gasteiger partial charge in [-0.2, -0.15) is 0 Å². The van der Waals surface area contributed by atoms with Gasteiger partial charge in [0.15, 0.2) is 6.04 Å². The van der Waals surface area contributed by atoms with E-state index in [2.05, 4.69) is 0 Å². The number of amides is 2. The van der Waals surface area contributed by atoms with Gasteiger partial charge in [-0.3, -0.25) is 9.59 Å². The van der Waals surface area contributed by atoms with Crippen LogP contribution in [0.25, 0.3) is 6.08 Å². The van der Waals surface area contributed by atoms with Crippen molar-refractivity contribution in [2.24, 2.45) is 0 Å². The molecule has 3 heterocycles. The van der Waals surface area contributed by atoms with E-state index in [1.54, 1.807) is 21.4 Å². The number of rotatable bonds is 4. The van der Waals surface area contributed by atoms with Crippen LogP contribution in [0.1, 0.15) is 11.8 Å². The molecule has 5 rings (SSSR count). The van der Waals surface area contributed by atoms with Crippen molar-refractivity contribution in [2.45, 2.75) is 19.0 Å². The number of carbonyl (C=O) groups excluding carboxylic acids is 2. The van der Waals surface area contributed by atoms with Gasteiger partial charge in [0.2, 0.25) is 11.9 Å². The number of anilines is 1. The fourth-order valence-electron chi connectivity index (χ4n) is 4.21. The van der Waals surface area contributed by atoms with Crippen LogP contribution in [0, 0.1) is 0 Å². The van der Waals surface area contributed by atoms with Gasteiger partial charge in [-0.15, -0.1) is 11.3 Å². The Bertz CT molecular complexity index is 1210. The van der Waals surface area contributed by atoms with Gasteiger partial charge >= 0.3 is 5.91 Å². The average molecular weight is 444 g/mol. The molecule has 1 saturated heterocycles. The van der Waals surface area contributed by atoms with Crippen molar-refractivity contribution < 1.29 is 14.3 Å². The minimum absolute atomic E-state index is 0.133. The molecular formula is C25H23N4O2S+. The van der Waals surface area contributed by atoms with Crippen LogP contribution in [0.15, 0.2) is 83.7 Å². The first-order valence-electron chi connectivity index (χ1n) is 10.5. The van der Waals surface area contributed by atoms with Crippen LogP contribution in [-0.2, 0) is 9.59 Å². The highest BCUT2D eigenvalue weighted by atomic mass is 32.1. The van der Waals surface area contributed by atoms with Crippen molar-refractivity contribution in [1.82, 2.24) is 10.0 Å². The zero-order chi connectivity index (χ0) is 22.2. The maximum Gasteiger partial charge on any atom is 0.315 e. The summed E-state index contributed by atoms with van der Waals surface area (Å²) in [6.45, 7) is 1.98. The van der Waals surface area contributed by atoms with E-state index in [1.807, 2.05) is 114 Å². The standard InChI is InChI=1S/C25H23N4O2S/c1-18-23(25(31)28(26(18)2)21-12-7-4-8-13-21)29-24(30)19(16-22-14-9-15-32-22)17-27(29)20-10-5-3-6-11-20/h3-18,23H,1-2H3/q+1/b19-16+. The first-order valence-corrected chi connectivity index (χ1v) is 11.3. The maximum atomic E-state index is 13.7. The molecule has 0 N–H and O–H groups in total. The largest absolute Gasteiger partial charge is 0.315 e. The van der Waals surface area contributed by atoms with Gasteiger partial charge in [0.05, 0.1) is 11.7 Å². The summed E-state index contributed by atoms with van der Waals surface area (Å²) in [6, 6.07) is 22.2. The molecule has 2 atom stereocenters. The molecule has 1 fully saturated rings. The quantitative estimate of drug-likeness (QED) is 0.453. The number of hydrazone groups is 1. The van der Waals surface area contributed by atoms with Crippen molar-refractivity contribution in [3.63, 3.8) is 0 Å². The topological polar surface area (TPSA) is 46.9 Å². The number of hydrogen-bond acceptors (Lipinski definition) is 4. The molecule has 1 aromatic heterocycles. The van der Waals surface area contributed by atoms with E-state index in [9.17, 15) is 9.59 Å². The molecule has 2 aromatic carbocycles. The number of likely N-dealkylation sites (N-methyl/N-ethyl adjacent to an activating group) is 1. The van der Waals surface area contributed by atoms with Gasteiger partial charge in [-0.05, 0) is 36.6 Å². The Balaban J connectivity index is 1.58. The lowest BCUT2D eigenvalue weighted by Gasteiger charge is -2.26. The number of nitrogens with zero attached hydrogens (tertiary/aromatic N) is 4. The molecule has 0 bridgehead atoms. The summed E-state index contributed by atoms with van der Waals surface area (Å²) < 4.78 is 1.81. The Morgan fingerprint density at radius 1 is 0.938 bits per heavy atom. The predicted octanol–water partition coefficient (Wildman–Crippen LogP) is 3.95. The summed E-state index contributed by atoms with van der Waals surface area (Å²) in [5.41, 5.74) is 2.17. The van der Waals surface area contributed by atoms with E-state index in [0.717, 1.165) is 16.3 Å². The van der Waals surface area contributed by atoms with Crippen molar-refractivity contribution >= 4 is 46.8 Å². The lowest BCUT2D eigenvalue weighted by Crippen LogP contribution is -2.50. The Kier molecular flexibility index (Phi) is 5.20. The van der Waals surface area contributed by atoms with Gasteiger partial charge in [0.1, 0.15) is 5.57 Å². The van der Waals surface area contributed by atoms with E-state index >= 15 is 0 Å². The van der Waals surface area contributed by atoms with Gasteiger partial charge in [-0.1, -0.05) is 52.2 Å². The third-order valence-corrected chi connectivity index (χ3v) is 6.72. The highest BCUT2D eigenvalue weighted by molar-refractivity contribution is 7.10. The summed E-state index contributed by atoms with van der Waals surface area (Å²) in [5.74, 6) is -0.318. The minimum Gasteiger partial charge on any atom is -0.270 e. The van der Waals surface area contributed by atoms with Crippen LogP contribution in [0.2, 0.25) is 0 Å². The summed E-state index contributed by atoms with van der Waals surface area (Å²) in [6.07, 6.45) is 3.70. The number of hydrazine groups is 2. The number of hydrogen-bond donors (Lipinski definition) is 0. The van der Waals surface area contributed by atoms with Crippen LogP contribution < -0.4 is 5.01 Å². The second-order valence-corrected chi connectivity index (χ2v) is 8.80. The average Bonchev–Trinajstić information content (AvgIpc) is 3.49. The molecule has 6 nitrogen and oxygen atoms in total. The number of para-hydroxylation sites is 2. The normalized spacial score (nSPS) is 22.8. The Labute approximate surface area is 190 Å². The summed E-state index contributed by atoms with van der Waals surface area (Å²) in [4.78, 5) is 28.3. The lowest BCUT2D eigenvalue weighted by atomic mass is 10.1. The SMILES string of the molecule is CC1C(N2C(=O)/C(=C/c3cccs3)C=[N+]2c2ccccc2)C(=O)N(c2ccccc2)N1C. The molecule has 0 spiro atoms. The third kappa shape index (κ3) is 3.36. The van der Waals surface area contributed by atoms with Crippen LogP contribution >= 0.6 is 11.3 Å². The first-order chi connectivity index (χ1) is 15.6. The van der Waals surface area contributed by atoms with E-state index < -0.39 is 6.04 Å². The molecule has 3 aromatic rings. The molecule has 32 heavy (non-hydrogen) atoms.